The van der Waals surface area contributed by atoms with Gasteiger partial charge in [-0.25, -0.2) is 0 Å². The smallest absolute Gasteiger partial charge is 0.306 e. The Morgan fingerprint density at radius 3 is 0.843 bits per heavy atom. The molecule has 394 valence electrons. The summed E-state index contributed by atoms with van der Waals surface area (Å²) < 4.78 is 16.8. The first-order chi connectivity index (χ1) is 34.5. The SMILES string of the molecule is CC/C=C\C/C=C\C/C=C\C/C=C\C/C=C\CCCC(=O)OC(COC(=O)CCCCCCCC/C=C\C/C=C\C/C=C\CC)COC(=O)CCCCCCCCCCC/C=C\C/C=C\C/C=C\CC. The minimum Gasteiger partial charge on any atom is -0.462 e. The Morgan fingerprint density at radius 1 is 0.286 bits per heavy atom. The van der Waals surface area contributed by atoms with Gasteiger partial charge in [-0.15, -0.1) is 0 Å². The van der Waals surface area contributed by atoms with Crippen LogP contribution < -0.4 is 0 Å². The third-order valence-corrected chi connectivity index (χ3v) is 11.4. The number of allylic oxidation sites excluding steroid dienone is 22. The maximum absolute atomic E-state index is 12.8. The second-order valence-corrected chi connectivity index (χ2v) is 18.0. The lowest BCUT2D eigenvalue weighted by Gasteiger charge is -2.18. The lowest BCUT2D eigenvalue weighted by Crippen LogP contribution is -2.30. The predicted octanol–water partition coefficient (Wildman–Crippen LogP) is 19.0. The van der Waals surface area contributed by atoms with Gasteiger partial charge in [-0.05, 0) is 122 Å². The van der Waals surface area contributed by atoms with Crippen molar-refractivity contribution in [2.45, 2.75) is 239 Å². The highest BCUT2D eigenvalue weighted by molar-refractivity contribution is 5.71. The van der Waals surface area contributed by atoms with Gasteiger partial charge in [0.1, 0.15) is 13.2 Å². The van der Waals surface area contributed by atoms with Crippen molar-refractivity contribution in [1.29, 1.82) is 0 Å². The molecule has 70 heavy (non-hydrogen) atoms. The van der Waals surface area contributed by atoms with Gasteiger partial charge >= 0.3 is 17.9 Å². The van der Waals surface area contributed by atoms with Crippen molar-refractivity contribution in [2.24, 2.45) is 0 Å². The number of rotatable bonds is 49. The molecule has 0 spiro atoms. The van der Waals surface area contributed by atoms with E-state index in [9.17, 15) is 14.4 Å². The molecular formula is C64H102O6. The second-order valence-electron chi connectivity index (χ2n) is 18.0. The number of ether oxygens (including phenoxy) is 3. The molecule has 6 nitrogen and oxygen atoms in total. The van der Waals surface area contributed by atoms with Crippen LogP contribution in [0, 0.1) is 0 Å². The summed E-state index contributed by atoms with van der Waals surface area (Å²) in [7, 11) is 0. The van der Waals surface area contributed by atoms with Crippen molar-refractivity contribution < 1.29 is 28.6 Å². The molecular weight excluding hydrogens is 865 g/mol. The molecule has 0 aliphatic rings. The molecule has 0 bridgehead atoms. The van der Waals surface area contributed by atoms with E-state index in [0.29, 0.717) is 19.3 Å². The summed E-state index contributed by atoms with van der Waals surface area (Å²) in [6.45, 7) is 6.23. The van der Waals surface area contributed by atoms with Gasteiger partial charge in [-0.2, -0.15) is 0 Å². The maximum Gasteiger partial charge on any atom is 0.306 e. The zero-order valence-corrected chi connectivity index (χ0v) is 45.0. The van der Waals surface area contributed by atoms with Crippen molar-refractivity contribution in [2.75, 3.05) is 13.2 Å². The molecule has 0 amide bonds. The van der Waals surface area contributed by atoms with E-state index < -0.39 is 6.10 Å². The number of esters is 3. The molecule has 0 heterocycles. The van der Waals surface area contributed by atoms with Crippen molar-refractivity contribution >= 4 is 17.9 Å². The minimum atomic E-state index is -0.821. The van der Waals surface area contributed by atoms with Crippen LogP contribution in [0.2, 0.25) is 0 Å². The van der Waals surface area contributed by atoms with E-state index in [2.05, 4.69) is 154 Å². The summed E-state index contributed by atoms with van der Waals surface area (Å²) in [5.41, 5.74) is 0. The molecule has 0 aromatic heterocycles. The van der Waals surface area contributed by atoms with E-state index in [1.54, 1.807) is 0 Å². The molecule has 0 saturated carbocycles. The van der Waals surface area contributed by atoms with E-state index in [1.165, 1.54) is 51.4 Å². The van der Waals surface area contributed by atoms with Crippen molar-refractivity contribution in [1.82, 2.24) is 0 Å². The maximum atomic E-state index is 12.8. The van der Waals surface area contributed by atoms with Gasteiger partial charge in [0.25, 0.3) is 0 Å². The van der Waals surface area contributed by atoms with E-state index in [0.717, 1.165) is 135 Å². The Kier molecular flexibility index (Phi) is 53.5. The Balaban J connectivity index is 4.51. The van der Waals surface area contributed by atoms with Crippen LogP contribution in [0.15, 0.2) is 134 Å². The quantitative estimate of drug-likeness (QED) is 0.0262. The molecule has 0 aliphatic heterocycles. The van der Waals surface area contributed by atoms with Crippen LogP contribution in [0.3, 0.4) is 0 Å². The summed E-state index contributed by atoms with van der Waals surface area (Å²) >= 11 is 0. The summed E-state index contributed by atoms with van der Waals surface area (Å²) in [4.78, 5) is 38.2. The highest BCUT2D eigenvalue weighted by atomic mass is 16.6. The molecule has 0 aliphatic carbocycles. The molecule has 0 saturated heterocycles. The van der Waals surface area contributed by atoms with Crippen LogP contribution in [-0.2, 0) is 28.6 Å². The minimum absolute atomic E-state index is 0.112. The van der Waals surface area contributed by atoms with E-state index in [-0.39, 0.29) is 37.5 Å². The van der Waals surface area contributed by atoms with Crippen LogP contribution in [0.25, 0.3) is 0 Å². The molecule has 1 atom stereocenters. The lowest BCUT2D eigenvalue weighted by molar-refractivity contribution is -0.167. The number of unbranched alkanes of at least 4 members (excludes halogenated alkanes) is 16. The van der Waals surface area contributed by atoms with E-state index in [1.807, 2.05) is 0 Å². The highest BCUT2D eigenvalue weighted by Crippen LogP contribution is 2.14. The first-order valence-electron chi connectivity index (χ1n) is 28.2. The van der Waals surface area contributed by atoms with Gasteiger partial charge in [0.15, 0.2) is 6.10 Å². The molecule has 0 fully saturated rings. The van der Waals surface area contributed by atoms with Gasteiger partial charge in [0.05, 0.1) is 0 Å². The predicted molar refractivity (Wildman–Crippen MR) is 302 cm³/mol. The highest BCUT2D eigenvalue weighted by Gasteiger charge is 2.19. The van der Waals surface area contributed by atoms with E-state index >= 15 is 0 Å². The molecule has 1 unspecified atom stereocenters. The fourth-order valence-electron chi connectivity index (χ4n) is 7.27. The average Bonchev–Trinajstić information content (AvgIpc) is 3.36. The third kappa shape index (κ3) is 54.5. The number of carbonyl (C=O) groups is 3. The molecule has 0 aromatic rings. The van der Waals surface area contributed by atoms with Gasteiger partial charge in [0.2, 0.25) is 0 Å². The first kappa shape index (κ1) is 65.5. The van der Waals surface area contributed by atoms with Gasteiger partial charge in [-0.1, -0.05) is 225 Å². The monoisotopic (exact) mass is 967 g/mol. The molecule has 0 aromatic carbocycles. The number of hydrogen-bond donors (Lipinski definition) is 0. The van der Waals surface area contributed by atoms with Crippen molar-refractivity contribution in [3.8, 4) is 0 Å². The molecule has 0 rings (SSSR count). The van der Waals surface area contributed by atoms with Crippen molar-refractivity contribution in [3.63, 3.8) is 0 Å². The second kappa shape index (κ2) is 57.1. The third-order valence-electron chi connectivity index (χ3n) is 11.4. The summed E-state index contributed by atoms with van der Waals surface area (Å²) in [6, 6.07) is 0. The van der Waals surface area contributed by atoms with Crippen LogP contribution in [0.4, 0.5) is 0 Å². The van der Waals surface area contributed by atoms with Crippen LogP contribution >= 0.6 is 0 Å². The zero-order chi connectivity index (χ0) is 50.7. The fourth-order valence-corrected chi connectivity index (χ4v) is 7.27. The van der Waals surface area contributed by atoms with Crippen LogP contribution in [0.5, 0.6) is 0 Å². The number of hydrogen-bond acceptors (Lipinski definition) is 6. The van der Waals surface area contributed by atoms with Gasteiger partial charge in [-0.3, -0.25) is 14.4 Å². The summed E-state index contributed by atoms with van der Waals surface area (Å²) in [6.07, 6.45) is 80.1. The fraction of sp³-hybridized carbons (Fsp3) is 0.609. The Hall–Kier alpha value is -4.45. The normalized spacial score (nSPS) is 13.1. The largest absolute Gasteiger partial charge is 0.462 e. The average molecular weight is 968 g/mol. The van der Waals surface area contributed by atoms with Gasteiger partial charge < -0.3 is 14.2 Å². The summed E-state index contributed by atoms with van der Waals surface area (Å²) in [5.74, 6) is -0.994. The number of carbonyl (C=O) groups excluding carboxylic acids is 3. The first-order valence-corrected chi connectivity index (χ1v) is 28.2. The van der Waals surface area contributed by atoms with Gasteiger partial charge in [0, 0.05) is 19.3 Å². The zero-order valence-electron chi connectivity index (χ0n) is 45.0. The Morgan fingerprint density at radius 2 is 0.529 bits per heavy atom. The van der Waals surface area contributed by atoms with Crippen LogP contribution in [0.1, 0.15) is 233 Å². The standard InChI is InChI=1S/C64H102O6/c1-4-7-10-13-16-19-22-25-28-31-32-34-36-39-42-45-48-51-54-57-63(66)69-60-61(59-68-62(65)56-53-50-47-44-41-38-35-30-27-24-21-18-15-12-9-6-3)70-64(67)58-55-52-49-46-43-40-37-33-29-26-23-20-17-14-11-8-5-2/h7-12,16-21,25-30,37,40,46,49,61H,4-6,13-15,22-24,31-36,38-39,41-45,47-48,50-60H2,1-3H3/b10-7-,11-8-,12-9-,19-16-,20-17-,21-18-,28-25-,29-26-,30-27-,40-37-,49-46-. The Labute approximate surface area is 430 Å². The van der Waals surface area contributed by atoms with Crippen molar-refractivity contribution in [3.05, 3.63) is 134 Å². The van der Waals surface area contributed by atoms with Crippen LogP contribution in [-0.4, -0.2) is 37.2 Å². The van der Waals surface area contributed by atoms with E-state index in [4.69, 9.17) is 14.2 Å². The molecule has 6 heteroatoms. The Bertz CT molecular complexity index is 1530. The summed E-state index contributed by atoms with van der Waals surface area (Å²) in [5, 5.41) is 0. The molecule has 0 N–H and O–H groups in total. The molecule has 0 radical (unpaired) electrons. The lowest BCUT2D eigenvalue weighted by atomic mass is 10.1. The topological polar surface area (TPSA) is 78.9 Å².